The summed E-state index contributed by atoms with van der Waals surface area (Å²) in [5.74, 6) is 2.84. The normalized spacial score (nSPS) is 44.3. The molecule has 1 aliphatic heterocycles. The second kappa shape index (κ2) is 12.3. The van der Waals surface area contributed by atoms with Crippen molar-refractivity contribution in [2.24, 2.45) is 51.2 Å². The molecule has 6 aliphatic rings. The first-order valence-electron chi connectivity index (χ1n) is 18.6. The highest BCUT2D eigenvalue weighted by Crippen LogP contribution is 2.76. The van der Waals surface area contributed by atoms with Crippen LogP contribution in [0.3, 0.4) is 0 Å². The Morgan fingerprint density at radius 2 is 1.70 bits per heavy atom. The maximum absolute atomic E-state index is 12.0. The second-order valence-corrected chi connectivity index (χ2v) is 20.2. The zero-order chi connectivity index (χ0) is 34.0. The van der Waals surface area contributed by atoms with Gasteiger partial charge in [-0.2, -0.15) is 0 Å². The molecule has 2 N–H and O–H groups in total. The number of sulfone groups is 1. The third-order valence-corrected chi connectivity index (χ3v) is 17.3. The van der Waals surface area contributed by atoms with Crippen LogP contribution in [0.25, 0.3) is 0 Å². The molecule has 6 nitrogen and oxygen atoms in total. The van der Waals surface area contributed by atoms with Gasteiger partial charge in [-0.15, -0.1) is 0 Å². The maximum Gasteiger partial charge on any atom is 0.328 e. The van der Waals surface area contributed by atoms with Crippen molar-refractivity contribution in [2.75, 3.05) is 37.7 Å². The lowest BCUT2D eigenvalue weighted by Gasteiger charge is -2.72. The van der Waals surface area contributed by atoms with Gasteiger partial charge in [-0.05, 0) is 122 Å². The zero-order valence-electron chi connectivity index (χ0n) is 30.1. The minimum atomic E-state index is -2.86. The van der Waals surface area contributed by atoms with Crippen molar-refractivity contribution in [1.29, 1.82) is 0 Å². The Morgan fingerprint density at radius 1 is 0.979 bits per heavy atom. The van der Waals surface area contributed by atoms with Gasteiger partial charge in [-0.3, -0.25) is 0 Å². The molecule has 4 saturated carbocycles. The van der Waals surface area contributed by atoms with E-state index >= 15 is 0 Å². The molecule has 47 heavy (non-hydrogen) atoms. The van der Waals surface area contributed by atoms with E-state index in [0.717, 1.165) is 19.5 Å². The Kier molecular flexibility index (Phi) is 9.17. The Balaban J connectivity index is 1.24. The predicted molar refractivity (Wildman–Crippen MR) is 192 cm³/mol. The van der Waals surface area contributed by atoms with Crippen molar-refractivity contribution >= 4 is 15.8 Å². The molecule has 0 aromatic carbocycles. The average molecular weight is 667 g/mol. The fourth-order valence-corrected chi connectivity index (χ4v) is 14.4. The van der Waals surface area contributed by atoms with E-state index in [1.807, 2.05) is 6.08 Å². The van der Waals surface area contributed by atoms with Gasteiger partial charge < -0.3 is 15.3 Å². The number of carboxylic acid groups (broad SMARTS) is 1. The van der Waals surface area contributed by atoms with Crippen LogP contribution < -0.4 is 5.32 Å². The van der Waals surface area contributed by atoms with Crippen LogP contribution in [0.1, 0.15) is 99.3 Å². The average Bonchev–Trinajstić information content (AvgIpc) is 3.37. The lowest BCUT2D eigenvalue weighted by Crippen LogP contribution is -2.68. The summed E-state index contributed by atoms with van der Waals surface area (Å²) < 4.78 is 24.0. The molecule has 7 heteroatoms. The monoisotopic (exact) mass is 666 g/mol. The van der Waals surface area contributed by atoms with Crippen molar-refractivity contribution in [1.82, 2.24) is 10.2 Å². The molecule has 6 rings (SSSR count). The number of aliphatic carboxylic acids is 1. The quantitative estimate of drug-likeness (QED) is 0.159. The van der Waals surface area contributed by atoms with E-state index in [0.29, 0.717) is 54.2 Å². The number of hydrogen-bond donors (Lipinski definition) is 2. The van der Waals surface area contributed by atoms with Gasteiger partial charge in [0.05, 0.1) is 11.5 Å². The summed E-state index contributed by atoms with van der Waals surface area (Å²) in [4.78, 5) is 13.3. The Bertz CT molecular complexity index is 1450. The topological polar surface area (TPSA) is 86.7 Å². The lowest BCUT2D eigenvalue weighted by molar-refractivity contribution is -0.221. The van der Waals surface area contributed by atoms with E-state index < -0.39 is 15.8 Å². The van der Waals surface area contributed by atoms with Gasteiger partial charge in [0.2, 0.25) is 0 Å². The van der Waals surface area contributed by atoms with E-state index in [1.54, 1.807) is 6.08 Å². The van der Waals surface area contributed by atoms with E-state index in [2.05, 4.69) is 70.5 Å². The van der Waals surface area contributed by atoms with Crippen LogP contribution in [0.15, 0.2) is 48.1 Å². The minimum Gasteiger partial charge on any atom is -0.478 e. The smallest absolute Gasteiger partial charge is 0.328 e. The van der Waals surface area contributed by atoms with E-state index in [-0.39, 0.29) is 27.2 Å². The number of nitrogens with zero attached hydrogens (tertiary/aromatic N) is 1. The van der Waals surface area contributed by atoms with Crippen LogP contribution >= 0.6 is 0 Å². The summed E-state index contributed by atoms with van der Waals surface area (Å²) in [5.41, 5.74) is 3.74. The predicted octanol–water partition coefficient (Wildman–Crippen LogP) is 7.45. The number of carbonyl (C=O) groups is 1. The standard InChI is InChI=1S/C40H62N2O4S/c1-28(2)30-15-19-40(41-22-23-42-24-26-47(45,46)27-25-42)21-20-38(6)31(35(30)40)12-13-33-37(5)17-14-29(10-8-9-11-34(43)44)36(3,4)32(37)16-18-39(33,38)7/h8-11,14,30-33,35,41H,1,12-13,15-27H2,2-7H3,(H,43,44)/t30-,31+,32-,33+,35+,37-,38+,39+,40-/m0/s1. The molecule has 0 bridgehead atoms. The van der Waals surface area contributed by atoms with Gasteiger partial charge in [-0.1, -0.05) is 71.1 Å². The van der Waals surface area contributed by atoms with Crippen molar-refractivity contribution in [3.8, 4) is 0 Å². The Hall–Kier alpha value is -1.70. The van der Waals surface area contributed by atoms with E-state index in [4.69, 9.17) is 5.11 Å². The van der Waals surface area contributed by atoms with Crippen LogP contribution in [-0.2, 0) is 14.6 Å². The number of carboxylic acids is 1. The van der Waals surface area contributed by atoms with Crippen LogP contribution in [0.4, 0.5) is 0 Å². The maximum atomic E-state index is 12.0. The molecule has 0 spiro atoms. The number of rotatable bonds is 8. The zero-order valence-corrected chi connectivity index (χ0v) is 30.9. The van der Waals surface area contributed by atoms with E-state index in [9.17, 15) is 13.2 Å². The van der Waals surface area contributed by atoms with Gasteiger partial charge in [0, 0.05) is 37.8 Å². The van der Waals surface area contributed by atoms with Gasteiger partial charge in [0.15, 0.2) is 9.84 Å². The number of hydrogen-bond acceptors (Lipinski definition) is 5. The van der Waals surface area contributed by atoms with Gasteiger partial charge in [0.25, 0.3) is 0 Å². The molecule has 0 aromatic heterocycles. The van der Waals surface area contributed by atoms with Crippen LogP contribution in [0.2, 0.25) is 0 Å². The molecule has 1 saturated heterocycles. The number of fused-ring (bicyclic) bond motifs is 7. The molecular formula is C40H62N2O4S. The molecule has 0 aromatic rings. The summed E-state index contributed by atoms with van der Waals surface area (Å²) in [6.45, 7) is 22.9. The molecule has 0 unspecified atom stereocenters. The molecule has 0 amide bonds. The fourth-order valence-electron chi connectivity index (χ4n) is 13.1. The third-order valence-electron chi connectivity index (χ3n) is 15.7. The van der Waals surface area contributed by atoms with Crippen LogP contribution in [0.5, 0.6) is 0 Å². The molecule has 5 aliphatic carbocycles. The highest BCUT2D eigenvalue weighted by molar-refractivity contribution is 7.91. The second-order valence-electron chi connectivity index (χ2n) is 17.9. The summed E-state index contributed by atoms with van der Waals surface area (Å²) >= 11 is 0. The first kappa shape index (κ1) is 35.1. The van der Waals surface area contributed by atoms with Crippen molar-refractivity contribution < 1.29 is 18.3 Å². The SMILES string of the molecule is C=C(C)[C@@H]1CC[C@]2(NCCN3CCS(=O)(=O)CC3)CC[C@]3(C)[C@H](CC[C@@H]4[C@@]5(C)CC=C(C=CC=CC(=O)O)C(C)(C)[C@@H]5CC[C@]43C)[C@@H]12. The van der Waals surface area contributed by atoms with Gasteiger partial charge in [0.1, 0.15) is 0 Å². The van der Waals surface area contributed by atoms with E-state index in [1.165, 1.54) is 68.6 Å². The van der Waals surface area contributed by atoms with Crippen LogP contribution in [0, 0.1) is 51.2 Å². The number of allylic oxidation sites excluding steroid dienone is 6. The molecule has 262 valence electrons. The largest absolute Gasteiger partial charge is 0.478 e. The Labute approximate surface area is 285 Å². The summed E-state index contributed by atoms with van der Waals surface area (Å²) in [6, 6.07) is 0. The minimum absolute atomic E-state index is 0.0420. The summed E-state index contributed by atoms with van der Waals surface area (Å²) in [7, 11) is -2.86. The lowest BCUT2D eigenvalue weighted by atomic mass is 9.33. The van der Waals surface area contributed by atoms with Gasteiger partial charge >= 0.3 is 5.97 Å². The summed E-state index contributed by atoms with van der Waals surface area (Å²) in [5, 5.41) is 13.2. The highest BCUT2D eigenvalue weighted by Gasteiger charge is 2.70. The summed E-state index contributed by atoms with van der Waals surface area (Å²) in [6.07, 6.45) is 20.6. The molecule has 9 atom stereocenters. The molecule has 5 fully saturated rings. The number of nitrogens with one attached hydrogen (secondary N) is 1. The van der Waals surface area contributed by atoms with Gasteiger partial charge in [-0.25, -0.2) is 13.2 Å². The molecular weight excluding hydrogens is 605 g/mol. The van der Waals surface area contributed by atoms with Crippen molar-refractivity contribution in [3.05, 3.63) is 48.1 Å². The molecule has 0 radical (unpaired) electrons. The third kappa shape index (κ3) is 5.76. The van der Waals surface area contributed by atoms with Crippen molar-refractivity contribution in [3.63, 3.8) is 0 Å². The first-order chi connectivity index (χ1) is 22.0. The Morgan fingerprint density at radius 3 is 2.38 bits per heavy atom. The highest BCUT2D eigenvalue weighted by atomic mass is 32.2. The first-order valence-corrected chi connectivity index (χ1v) is 20.4. The van der Waals surface area contributed by atoms with Crippen molar-refractivity contribution in [2.45, 2.75) is 105 Å². The van der Waals surface area contributed by atoms with Crippen LogP contribution in [-0.4, -0.2) is 67.6 Å². The fraction of sp³-hybridized carbons (Fsp3) is 0.775. The molecule has 1 heterocycles.